The topological polar surface area (TPSA) is 62.3 Å². The summed E-state index contributed by atoms with van der Waals surface area (Å²) in [7, 11) is 0. The van der Waals surface area contributed by atoms with E-state index in [0.717, 1.165) is 47.7 Å². The molecule has 0 radical (unpaired) electrons. The molecule has 0 saturated carbocycles. The molecule has 0 spiro atoms. The zero-order valence-corrected chi connectivity index (χ0v) is 17.8. The van der Waals surface area contributed by atoms with E-state index in [4.69, 9.17) is 10.5 Å². The van der Waals surface area contributed by atoms with E-state index in [1.54, 1.807) is 0 Å². The van der Waals surface area contributed by atoms with E-state index in [1.165, 1.54) is 11.1 Å². The second-order valence-electron chi connectivity index (χ2n) is 7.97. The van der Waals surface area contributed by atoms with Gasteiger partial charge in [0.1, 0.15) is 17.4 Å². The summed E-state index contributed by atoms with van der Waals surface area (Å²) in [6.45, 7) is 8.83. The Morgan fingerprint density at radius 2 is 1.80 bits per heavy atom. The van der Waals surface area contributed by atoms with Crippen LogP contribution in [0.4, 0.5) is 0 Å². The lowest BCUT2D eigenvalue weighted by Gasteiger charge is -2.38. The molecule has 4 rings (SSSR count). The van der Waals surface area contributed by atoms with Crippen LogP contribution in [0.5, 0.6) is 0 Å². The number of rotatable bonds is 3. The van der Waals surface area contributed by atoms with Crippen LogP contribution in [-0.4, -0.2) is 24.5 Å². The summed E-state index contributed by atoms with van der Waals surface area (Å²) in [5, 5.41) is 9.92. The van der Waals surface area contributed by atoms with Crippen molar-refractivity contribution in [3.8, 4) is 6.07 Å². The van der Waals surface area contributed by atoms with E-state index in [-0.39, 0.29) is 11.8 Å². The van der Waals surface area contributed by atoms with Gasteiger partial charge < -0.3 is 10.5 Å². The quantitative estimate of drug-likeness (QED) is 0.809. The molecule has 2 aromatic rings. The molecular weight excluding hydrogens is 370 g/mol. The number of allylic oxidation sites excluding steroid dienone is 1. The van der Waals surface area contributed by atoms with Crippen molar-refractivity contribution in [3.63, 3.8) is 0 Å². The summed E-state index contributed by atoms with van der Waals surface area (Å²) >= 11 is 0. The predicted molar refractivity (Wildman–Crippen MR) is 120 cm³/mol. The Kier molecular flexibility index (Phi) is 5.48. The molecule has 30 heavy (non-hydrogen) atoms. The third-order valence-corrected chi connectivity index (χ3v) is 6.07. The van der Waals surface area contributed by atoms with Crippen molar-refractivity contribution in [2.24, 2.45) is 5.73 Å². The standard InChI is InChI=1S/C26H27N3O/c1-4-29-15-20(13-19-11-7-5-9-17(19)2)25-23(16-29)24(22(14-27)26(28)30-25)21-12-8-6-10-18(21)3/h5-13,24H,4,15-16,28H2,1-3H3/b20-13+/t24-/m0/s1. The first kappa shape index (κ1) is 20.0. The van der Waals surface area contributed by atoms with Gasteiger partial charge in [0.15, 0.2) is 0 Å². The predicted octanol–water partition coefficient (Wildman–Crippen LogP) is 4.78. The van der Waals surface area contributed by atoms with E-state index in [0.29, 0.717) is 5.57 Å². The highest BCUT2D eigenvalue weighted by Crippen LogP contribution is 2.44. The maximum absolute atomic E-state index is 9.92. The molecule has 2 aromatic carbocycles. The van der Waals surface area contributed by atoms with Crippen molar-refractivity contribution in [3.05, 3.63) is 99.1 Å². The van der Waals surface area contributed by atoms with Crippen LogP contribution < -0.4 is 5.73 Å². The van der Waals surface area contributed by atoms with Crippen LogP contribution in [0, 0.1) is 25.2 Å². The minimum Gasteiger partial charge on any atom is -0.440 e. The largest absolute Gasteiger partial charge is 0.440 e. The van der Waals surface area contributed by atoms with Crippen molar-refractivity contribution in [2.45, 2.75) is 26.7 Å². The summed E-state index contributed by atoms with van der Waals surface area (Å²) in [6.07, 6.45) is 2.20. The smallest absolute Gasteiger partial charge is 0.205 e. The highest BCUT2D eigenvalue weighted by molar-refractivity contribution is 5.65. The lowest BCUT2D eigenvalue weighted by molar-refractivity contribution is 0.239. The van der Waals surface area contributed by atoms with Gasteiger partial charge >= 0.3 is 0 Å². The Bertz CT molecular complexity index is 1120. The SMILES string of the molecule is CCN1CC2=C(OC(N)=C(C#N)[C@@H]2c2ccccc2C)/C(=C/c2ccccc2C)C1. The molecule has 1 atom stereocenters. The first-order valence-corrected chi connectivity index (χ1v) is 10.4. The van der Waals surface area contributed by atoms with E-state index in [2.05, 4.69) is 68.1 Å². The van der Waals surface area contributed by atoms with Gasteiger partial charge in [-0.3, -0.25) is 4.90 Å². The van der Waals surface area contributed by atoms with Gasteiger partial charge in [0.2, 0.25) is 5.88 Å². The normalized spacial score (nSPS) is 20.7. The van der Waals surface area contributed by atoms with Crippen LogP contribution in [0.1, 0.15) is 35.1 Å². The molecule has 4 heteroatoms. The Hall–Kier alpha value is -3.29. The van der Waals surface area contributed by atoms with Gasteiger partial charge in [0, 0.05) is 18.7 Å². The zero-order chi connectivity index (χ0) is 21.3. The van der Waals surface area contributed by atoms with Gasteiger partial charge in [-0.15, -0.1) is 0 Å². The Labute approximate surface area is 178 Å². The maximum Gasteiger partial charge on any atom is 0.205 e. The molecular formula is C26H27N3O. The minimum absolute atomic E-state index is 0.186. The van der Waals surface area contributed by atoms with Crippen LogP contribution >= 0.6 is 0 Å². The molecule has 2 N–H and O–H groups in total. The van der Waals surface area contributed by atoms with Crippen molar-refractivity contribution in [1.82, 2.24) is 4.90 Å². The van der Waals surface area contributed by atoms with E-state index in [9.17, 15) is 5.26 Å². The van der Waals surface area contributed by atoms with Gasteiger partial charge in [-0.05, 0) is 54.3 Å². The first-order valence-electron chi connectivity index (χ1n) is 10.4. The summed E-state index contributed by atoms with van der Waals surface area (Å²) in [5.41, 5.74) is 13.6. The second kappa shape index (κ2) is 8.22. The summed E-state index contributed by atoms with van der Waals surface area (Å²) in [5.74, 6) is 0.854. The van der Waals surface area contributed by atoms with Crippen LogP contribution in [0.15, 0.2) is 76.9 Å². The highest BCUT2D eigenvalue weighted by Gasteiger charge is 2.37. The van der Waals surface area contributed by atoms with E-state index in [1.807, 2.05) is 18.2 Å². The van der Waals surface area contributed by atoms with E-state index < -0.39 is 0 Å². The summed E-state index contributed by atoms with van der Waals surface area (Å²) in [4.78, 5) is 2.38. The molecule has 2 aliphatic heterocycles. The summed E-state index contributed by atoms with van der Waals surface area (Å²) in [6, 6.07) is 18.9. The Morgan fingerprint density at radius 3 is 2.47 bits per heavy atom. The minimum atomic E-state index is -0.186. The average molecular weight is 398 g/mol. The third kappa shape index (κ3) is 3.53. The number of hydrogen-bond donors (Lipinski definition) is 1. The molecule has 0 bridgehead atoms. The van der Waals surface area contributed by atoms with Crippen molar-refractivity contribution >= 4 is 6.08 Å². The lowest BCUT2D eigenvalue weighted by Crippen LogP contribution is -2.38. The number of nitrogens with two attached hydrogens (primary N) is 1. The summed E-state index contributed by atoms with van der Waals surface area (Å²) < 4.78 is 6.12. The van der Waals surface area contributed by atoms with E-state index >= 15 is 0 Å². The number of likely N-dealkylation sites (N-methyl/N-ethyl adjacent to an activating group) is 1. The molecule has 0 saturated heterocycles. The van der Waals surface area contributed by atoms with Crippen molar-refractivity contribution in [2.75, 3.05) is 19.6 Å². The lowest BCUT2D eigenvalue weighted by atomic mass is 9.78. The molecule has 2 heterocycles. The van der Waals surface area contributed by atoms with Crippen LogP contribution in [0.2, 0.25) is 0 Å². The average Bonchev–Trinajstić information content (AvgIpc) is 2.75. The number of aryl methyl sites for hydroxylation is 2. The Morgan fingerprint density at radius 1 is 1.10 bits per heavy atom. The zero-order valence-electron chi connectivity index (χ0n) is 17.8. The fraction of sp³-hybridized carbons (Fsp3) is 0.269. The molecule has 4 nitrogen and oxygen atoms in total. The number of nitrogens with zero attached hydrogens (tertiary/aromatic N) is 2. The van der Waals surface area contributed by atoms with Gasteiger partial charge in [0.05, 0.1) is 5.92 Å². The van der Waals surface area contributed by atoms with Crippen molar-refractivity contribution in [1.29, 1.82) is 5.26 Å². The highest BCUT2D eigenvalue weighted by atomic mass is 16.5. The molecule has 0 aromatic heterocycles. The van der Waals surface area contributed by atoms with Gasteiger partial charge in [-0.2, -0.15) is 5.26 Å². The van der Waals surface area contributed by atoms with Crippen LogP contribution in [0.3, 0.4) is 0 Å². The third-order valence-electron chi connectivity index (χ3n) is 6.07. The number of nitriles is 1. The maximum atomic E-state index is 9.92. The van der Waals surface area contributed by atoms with Crippen LogP contribution in [-0.2, 0) is 4.74 Å². The first-order chi connectivity index (χ1) is 14.5. The van der Waals surface area contributed by atoms with Gasteiger partial charge in [0.25, 0.3) is 0 Å². The number of ether oxygens (including phenoxy) is 1. The number of hydrogen-bond acceptors (Lipinski definition) is 4. The molecule has 0 fully saturated rings. The van der Waals surface area contributed by atoms with Crippen molar-refractivity contribution < 1.29 is 4.74 Å². The number of benzene rings is 2. The molecule has 0 aliphatic carbocycles. The molecule has 152 valence electrons. The fourth-order valence-corrected chi connectivity index (χ4v) is 4.37. The molecule has 0 unspecified atom stereocenters. The second-order valence-corrected chi connectivity index (χ2v) is 7.97. The van der Waals surface area contributed by atoms with Gasteiger partial charge in [-0.25, -0.2) is 0 Å². The Balaban J connectivity index is 1.92. The van der Waals surface area contributed by atoms with Crippen LogP contribution in [0.25, 0.3) is 6.08 Å². The fourth-order valence-electron chi connectivity index (χ4n) is 4.37. The van der Waals surface area contributed by atoms with Gasteiger partial charge in [-0.1, -0.05) is 55.5 Å². The molecule has 0 amide bonds. The molecule has 2 aliphatic rings. The monoisotopic (exact) mass is 397 g/mol.